The maximum absolute atomic E-state index is 13.9. The molecule has 2 rings (SSSR count). The molecule has 0 amide bonds. The first-order chi connectivity index (χ1) is 9.13. The Balaban J connectivity index is 2.28. The van der Waals surface area contributed by atoms with Crippen LogP contribution >= 0.6 is 15.9 Å². The molecule has 0 saturated carbocycles. The summed E-state index contributed by atoms with van der Waals surface area (Å²) in [6, 6.07) is 11.9. The maximum atomic E-state index is 13.9. The third-order valence-corrected chi connectivity index (χ3v) is 3.40. The van der Waals surface area contributed by atoms with Gasteiger partial charge >= 0.3 is 0 Å². The van der Waals surface area contributed by atoms with Crippen molar-refractivity contribution in [1.29, 1.82) is 0 Å². The van der Waals surface area contributed by atoms with Crippen molar-refractivity contribution in [3.05, 3.63) is 63.9 Å². The van der Waals surface area contributed by atoms with Gasteiger partial charge in [-0.2, -0.15) is 0 Å². The molecule has 0 spiro atoms. The van der Waals surface area contributed by atoms with Crippen molar-refractivity contribution in [2.45, 2.75) is 13.0 Å². The summed E-state index contributed by atoms with van der Waals surface area (Å²) < 4.78 is 19.6. The largest absolute Gasteiger partial charge is 0.494 e. The molecule has 4 heteroatoms. The average molecular weight is 325 g/mol. The van der Waals surface area contributed by atoms with E-state index in [0.29, 0.717) is 16.6 Å². The zero-order chi connectivity index (χ0) is 13.8. The summed E-state index contributed by atoms with van der Waals surface area (Å²) in [5.74, 6) is 0.289. The molecule has 100 valence electrons. The fourth-order valence-electron chi connectivity index (χ4n) is 1.82. The zero-order valence-electron chi connectivity index (χ0n) is 10.4. The van der Waals surface area contributed by atoms with Gasteiger partial charge in [0, 0.05) is 5.56 Å². The Hall–Kier alpha value is -1.39. The number of benzene rings is 2. The van der Waals surface area contributed by atoms with Crippen LogP contribution in [0.1, 0.15) is 24.2 Å². The summed E-state index contributed by atoms with van der Waals surface area (Å²) in [4.78, 5) is 0. The van der Waals surface area contributed by atoms with Gasteiger partial charge in [-0.1, -0.05) is 24.3 Å². The Labute approximate surface area is 120 Å². The number of rotatable bonds is 4. The quantitative estimate of drug-likeness (QED) is 0.918. The van der Waals surface area contributed by atoms with E-state index in [9.17, 15) is 9.50 Å². The second kappa shape index (κ2) is 6.17. The van der Waals surface area contributed by atoms with Gasteiger partial charge in [-0.25, -0.2) is 4.39 Å². The molecule has 1 N–H and O–H groups in total. The fraction of sp³-hybridized carbons (Fsp3) is 0.200. The highest BCUT2D eigenvalue weighted by molar-refractivity contribution is 9.10. The minimum atomic E-state index is -0.992. The van der Waals surface area contributed by atoms with Crippen LogP contribution in [0.15, 0.2) is 46.9 Å². The third kappa shape index (κ3) is 3.14. The lowest BCUT2D eigenvalue weighted by atomic mass is 10.0. The van der Waals surface area contributed by atoms with E-state index in [1.807, 2.05) is 6.92 Å². The molecule has 0 heterocycles. The van der Waals surface area contributed by atoms with Crippen molar-refractivity contribution in [2.24, 2.45) is 0 Å². The zero-order valence-corrected chi connectivity index (χ0v) is 12.0. The molecule has 2 aromatic carbocycles. The fourth-order valence-corrected chi connectivity index (χ4v) is 2.21. The summed E-state index contributed by atoms with van der Waals surface area (Å²) in [5, 5.41) is 10.2. The van der Waals surface area contributed by atoms with Crippen molar-refractivity contribution in [3.63, 3.8) is 0 Å². The highest BCUT2D eigenvalue weighted by Crippen LogP contribution is 2.29. The van der Waals surface area contributed by atoms with E-state index in [-0.39, 0.29) is 5.56 Å². The van der Waals surface area contributed by atoms with Crippen molar-refractivity contribution >= 4 is 15.9 Å². The normalized spacial score (nSPS) is 12.2. The van der Waals surface area contributed by atoms with Crippen molar-refractivity contribution in [1.82, 2.24) is 0 Å². The van der Waals surface area contributed by atoms with Crippen LogP contribution in [0, 0.1) is 5.82 Å². The Morgan fingerprint density at radius 1 is 1.21 bits per heavy atom. The average Bonchev–Trinajstić information content (AvgIpc) is 2.42. The number of halogens is 2. The molecule has 1 atom stereocenters. The smallest absolute Gasteiger partial charge is 0.143 e. The van der Waals surface area contributed by atoms with Gasteiger partial charge in [0.25, 0.3) is 0 Å². The molecule has 0 saturated heterocycles. The van der Waals surface area contributed by atoms with E-state index < -0.39 is 11.9 Å². The minimum absolute atomic E-state index is 0.249. The molecule has 19 heavy (non-hydrogen) atoms. The molecule has 1 unspecified atom stereocenters. The van der Waals surface area contributed by atoms with Crippen LogP contribution in [-0.4, -0.2) is 11.7 Å². The van der Waals surface area contributed by atoms with Gasteiger partial charge in [-0.3, -0.25) is 0 Å². The molecular weight excluding hydrogens is 311 g/mol. The van der Waals surface area contributed by atoms with Crippen LogP contribution in [0.3, 0.4) is 0 Å². The molecule has 0 bridgehead atoms. The van der Waals surface area contributed by atoms with E-state index in [4.69, 9.17) is 4.74 Å². The summed E-state index contributed by atoms with van der Waals surface area (Å²) in [6.07, 6.45) is -0.992. The van der Waals surface area contributed by atoms with E-state index in [1.165, 1.54) is 0 Å². The number of ether oxygens (including phenoxy) is 1. The second-order valence-electron chi connectivity index (χ2n) is 4.05. The molecule has 0 radical (unpaired) electrons. The predicted octanol–water partition coefficient (Wildman–Crippen LogP) is 4.07. The molecular formula is C15H14BrFO2. The van der Waals surface area contributed by atoms with Crippen LogP contribution in [0.25, 0.3) is 0 Å². The number of hydrogen-bond donors (Lipinski definition) is 1. The maximum Gasteiger partial charge on any atom is 0.143 e. The highest BCUT2D eigenvalue weighted by atomic mass is 79.9. The van der Waals surface area contributed by atoms with Crippen molar-refractivity contribution in [2.75, 3.05) is 6.61 Å². The number of aliphatic hydroxyl groups is 1. The van der Waals surface area contributed by atoms with Gasteiger partial charge in [0.1, 0.15) is 17.7 Å². The molecule has 0 aromatic heterocycles. The Bertz CT molecular complexity index is 555. The monoisotopic (exact) mass is 324 g/mol. The summed E-state index contributed by atoms with van der Waals surface area (Å²) in [7, 11) is 0. The first-order valence-electron chi connectivity index (χ1n) is 5.98. The third-order valence-electron chi connectivity index (χ3n) is 2.78. The molecule has 0 fully saturated rings. The highest BCUT2D eigenvalue weighted by Gasteiger charge is 2.16. The Morgan fingerprint density at radius 3 is 2.53 bits per heavy atom. The van der Waals surface area contributed by atoms with E-state index in [2.05, 4.69) is 15.9 Å². The van der Waals surface area contributed by atoms with E-state index >= 15 is 0 Å². The standard InChI is InChI=1S/C15H14BrFO2/c1-2-19-11-8-6-10(7-9-11)15(18)12-4-3-5-13(16)14(12)17/h3-9,15,18H,2H2,1H3. The molecule has 0 aliphatic rings. The van der Waals surface area contributed by atoms with Crippen molar-refractivity contribution < 1.29 is 14.2 Å². The van der Waals surface area contributed by atoms with Crippen LogP contribution in [0.4, 0.5) is 4.39 Å². The van der Waals surface area contributed by atoms with E-state index in [0.717, 1.165) is 5.75 Å². The van der Waals surface area contributed by atoms with Crippen LogP contribution in [0.5, 0.6) is 5.75 Å². The molecule has 0 aliphatic heterocycles. The summed E-state index contributed by atoms with van der Waals surface area (Å²) in [6.45, 7) is 2.49. The second-order valence-corrected chi connectivity index (χ2v) is 4.90. The number of hydrogen-bond acceptors (Lipinski definition) is 2. The van der Waals surface area contributed by atoms with Crippen LogP contribution in [-0.2, 0) is 0 Å². The number of aliphatic hydroxyl groups excluding tert-OH is 1. The van der Waals surface area contributed by atoms with Crippen LogP contribution in [0.2, 0.25) is 0 Å². The molecule has 0 aliphatic carbocycles. The Kier molecular flexibility index (Phi) is 4.56. The molecule has 2 nitrogen and oxygen atoms in total. The van der Waals surface area contributed by atoms with Gasteiger partial charge in [0.15, 0.2) is 0 Å². The van der Waals surface area contributed by atoms with Gasteiger partial charge in [0.2, 0.25) is 0 Å². The minimum Gasteiger partial charge on any atom is -0.494 e. The lowest BCUT2D eigenvalue weighted by molar-refractivity contribution is 0.214. The van der Waals surface area contributed by atoms with Crippen molar-refractivity contribution in [3.8, 4) is 5.75 Å². The lowest BCUT2D eigenvalue weighted by Crippen LogP contribution is -2.03. The SMILES string of the molecule is CCOc1ccc(C(O)c2cccc(Br)c2F)cc1. The topological polar surface area (TPSA) is 29.5 Å². The predicted molar refractivity (Wildman–Crippen MR) is 75.8 cm³/mol. The lowest BCUT2D eigenvalue weighted by Gasteiger charge is -2.13. The van der Waals surface area contributed by atoms with E-state index in [1.54, 1.807) is 42.5 Å². The van der Waals surface area contributed by atoms with Gasteiger partial charge < -0.3 is 9.84 Å². The summed E-state index contributed by atoms with van der Waals surface area (Å²) in [5.41, 5.74) is 0.874. The first-order valence-corrected chi connectivity index (χ1v) is 6.77. The van der Waals surface area contributed by atoms with Gasteiger partial charge in [-0.15, -0.1) is 0 Å². The summed E-state index contributed by atoms with van der Waals surface area (Å²) >= 11 is 3.11. The van der Waals surface area contributed by atoms with Gasteiger partial charge in [0.05, 0.1) is 11.1 Å². The van der Waals surface area contributed by atoms with Gasteiger partial charge in [-0.05, 0) is 46.6 Å². The first kappa shape index (κ1) is 14.0. The molecule has 2 aromatic rings. The van der Waals surface area contributed by atoms with Crippen LogP contribution < -0.4 is 4.74 Å². The Morgan fingerprint density at radius 2 is 1.89 bits per heavy atom.